The number of primary amides is 1. The lowest BCUT2D eigenvalue weighted by molar-refractivity contribution is -0.194. The van der Waals surface area contributed by atoms with Gasteiger partial charge in [0.2, 0.25) is 5.91 Å². The maximum atomic E-state index is 12.6. The van der Waals surface area contributed by atoms with Crippen molar-refractivity contribution in [2.45, 2.75) is 37.6 Å². The number of carbonyl (C=O) groups excluding carboxylic acids is 1. The Morgan fingerprint density at radius 3 is 2.56 bits per heavy atom. The van der Waals surface area contributed by atoms with Crippen molar-refractivity contribution < 1.29 is 22.7 Å². The van der Waals surface area contributed by atoms with Gasteiger partial charge in [-0.2, -0.15) is 13.2 Å². The van der Waals surface area contributed by atoms with E-state index in [1.54, 1.807) is 0 Å². The number of halogens is 3. The third-order valence-corrected chi connectivity index (χ3v) is 2.77. The largest absolute Gasteiger partial charge is 0.415 e. The van der Waals surface area contributed by atoms with Crippen molar-refractivity contribution in [2.75, 3.05) is 13.2 Å². The molecule has 1 fully saturated rings. The molecule has 0 aromatic rings. The lowest BCUT2D eigenvalue weighted by atomic mass is 10.0. The van der Waals surface area contributed by atoms with Crippen molar-refractivity contribution in [3.63, 3.8) is 0 Å². The van der Waals surface area contributed by atoms with Gasteiger partial charge >= 0.3 is 6.18 Å². The second kappa shape index (κ2) is 4.58. The molecule has 1 heterocycles. The van der Waals surface area contributed by atoms with E-state index in [4.69, 9.17) is 10.5 Å². The molecule has 4 nitrogen and oxygen atoms in total. The Morgan fingerprint density at radius 2 is 2.19 bits per heavy atom. The van der Waals surface area contributed by atoms with Crippen LogP contribution in [0.4, 0.5) is 13.2 Å². The molecule has 0 spiro atoms. The fourth-order valence-electron chi connectivity index (χ4n) is 1.45. The van der Waals surface area contributed by atoms with Gasteiger partial charge in [0.05, 0.1) is 6.10 Å². The average Bonchev–Trinajstić information content (AvgIpc) is 2.64. The van der Waals surface area contributed by atoms with Crippen LogP contribution in [0.25, 0.3) is 0 Å². The van der Waals surface area contributed by atoms with Gasteiger partial charge < -0.3 is 10.5 Å². The van der Waals surface area contributed by atoms with Crippen molar-refractivity contribution in [1.82, 2.24) is 5.32 Å². The minimum Gasteiger partial charge on any atom is -0.377 e. The summed E-state index contributed by atoms with van der Waals surface area (Å²) in [5.41, 5.74) is 2.08. The van der Waals surface area contributed by atoms with E-state index in [9.17, 15) is 18.0 Å². The third-order valence-electron chi connectivity index (χ3n) is 2.77. The van der Waals surface area contributed by atoms with E-state index in [-0.39, 0.29) is 12.6 Å². The summed E-state index contributed by atoms with van der Waals surface area (Å²) in [4.78, 5) is 10.9. The number of amides is 1. The van der Waals surface area contributed by atoms with Crippen LogP contribution in [-0.2, 0) is 9.53 Å². The molecule has 0 radical (unpaired) electrons. The molecule has 1 saturated heterocycles. The Hall–Kier alpha value is -0.820. The van der Waals surface area contributed by atoms with Gasteiger partial charge in [0.25, 0.3) is 0 Å². The molecule has 0 saturated carbocycles. The smallest absolute Gasteiger partial charge is 0.377 e. The molecule has 0 aromatic carbocycles. The normalized spacial score (nSPS) is 25.4. The van der Waals surface area contributed by atoms with E-state index in [0.29, 0.717) is 13.0 Å². The summed E-state index contributed by atoms with van der Waals surface area (Å²) in [6, 6.07) is 0. The number of hydrogen-bond acceptors (Lipinski definition) is 3. The van der Waals surface area contributed by atoms with Gasteiger partial charge in [-0.25, -0.2) is 0 Å². The summed E-state index contributed by atoms with van der Waals surface area (Å²) in [5.74, 6) is -1.43. The van der Waals surface area contributed by atoms with Crippen LogP contribution in [0.2, 0.25) is 0 Å². The molecular formula is C9H15F3N2O2. The lowest BCUT2D eigenvalue weighted by Gasteiger charge is -2.30. The van der Waals surface area contributed by atoms with Gasteiger partial charge in [0.15, 0.2) is 5.54 Å². The van der Waals surface area contributed by atoms with Crippen molar-refractivity contribution >= 4 is 5.91 Å². The van der Waals surface area contributed by atoms with E-state index in [1.165, 1.54) is 0 Å². The van der Waals surface area contributed by atoms with E-state index in [1.807, 2.05) is 0 Å². The number of carbonyl (C=O) groups is 1. The summed E-state index contributed by atoms with van der Waals surface area (Å²) in [5, 5.41) is 2.15. The maximum absolute atomic E-state index is 12.6. The van der Waals surface area contributed by atoms with Gasteiger partial charge in [0.1, 0.15) is 0 Å². The molecule has 0 aliphatic carbocycles. The summed E-state index contributed by atoms with van der Waals surface area (Å²) >= 11 is 0. The van der Waals surface area contributed by atoms with E-state index >= 15 is 0 Å². The van der Waals surface area contributed by atoms with Crippen LogP contribution in [0.5, 0.6) is 0 Å². The molecule has 1 rings (SSSR count). The van der Waals surface area contributed by atoms with E-state index < -0.39 is 17.6 Å². The highest BCUT2D eigenvalue weighted by Crippen LogP contribution is 2.30. The minimum atomic E-state index is -4.71. The van der Waals surface area contributed by atoms with Gasteiger partial charge in [-0.3, -0.25) is 10.1 Å². The lowest BCUT2D eigenvalue weighted by Crippen LogP contribution is -2.63. The van der Waals surface area contributed by atoms with Crippen LogP contribution in [-0.4, -0.2) is 36.9 Å². The number of ether oxygens (including phenoxy) is 1. The Morgan fingerprint density at radius 1 is 1.56 bits per heavy atom. The van der Waals surface area contributed by atoms with Crippen LogP contribution in [0.1, 0.15) is 19.8 Å². The molecule has 94 valence electrons. The first kappa shape index (κ1) is 13.2. The maximum Gasteiger partial charge on any atom is 0.415 e. The zero-order chi connectivity index (χ0) is 12.4. The van der Waals surface area contributed by atoms with Crippen molar-refractivity contribution in [1.29, 1.82) is 0 Å². The van der Waals surface area contributed by atoms with Crippen LogP contribution < -0.4 is 11.1 Å². The number of nitrogens with one attached hydrogen (secondary N) is 1. The molecule has 1 amide bonds. The highest BCUT2D eigenvalue weighted by atomic mass is 19.4. The summed E-state index contributed by atoms with van der Waals surface area (Å²) in [6.07, 6.45) is -3.47. The fourth-order valence-corrected chi connectivity index (χ4v) is 1.45. The summed E-state index contributed by atoms with van der Waals surface area (Å²) in [7, 11) is 0. The second-order valence-corrected chi connectivity index (χ2v) is 4.00. The molecule has 3 N–H and O–H groups in total. The molecule has 0 bridgehead atoms. The Kier molecular flexibility index (Phi) is 3.80. The summed E-state index contributed by atoms with van der Waals surface area (Å²) in [6.45, 7) is 1.26. The monoisotopic (exact) mass is 240 g/mol. The molecule has 16 heavy (non-hydrogen) atoms. The fraction of sp³-hybridized carbons (Fsp3) is 0.889. The van der Waals surface area contributed by atoms with Crippen molar-refractivity contribution in [3.8, 4) is 0 Å². The Balaban J connectivity index is 2.61. The van der Waals surface area contributed by atoms with Crippen LogP contribution >= 0.6 is 0 Å². The van der Waals surface area contributed by atoms with Crippen LogP contribution in [0, 0.1) is 0 Å². The zero-order valence-corrected chi connectivity index (χ0v) is 8.93. The van der Waals surface area contributed by atoms with Gasteiger partial charge in [-0.1, -0.05) is 0 Å². The molecule has 7 heteroatoms. The number of nitrogens with two attached hydrogens (primary N) is 1. The standard InChI is InChI=1S/C9H15F3N2O2/c1-8(7(13)15,9(10,11)12)14-5-6-3-2-4-16-6/h6,14H,2-5H2,1H3,(H2,13,15). The van der Waals surface area contributed by atoms with Gasteiger partial charge in [-0.05, 0) is 19.8 Å². The van der Waals surface area contributed by atoms with Crippen LogP contribution in [0.3, 0.4) is 0 Å². The Labute approximate surface area is 91.3 Å². The van der Waals surface area contributed by atoms with E-state index in [2.05, 4.69) is 5.32 Å². The van der Waals surface area contributed by atoms with Crippen LogP contribution in [0.15, 0.2) is 0 Å². The van der Waals surface area contributed by atoms with E-state index in [0.717, 1.165) is 13.3 Å². The highest BCUT2D eigenvalue weighted by Gasteiger charge is 2.55. The summed E-state index contributed by atoms with van der Waals surface area (Å²) < 4.78 is 43.0. The SMILES string of the molecule is CC(NCC1CCCO1)(C(N)=O)C(F)(F)F. The molecule has 2 atom stereocenters. The zero-order valence-electron chi connectivity index (χ0n) is 8.93. The first-order chi connectivity index (χ1) is 7.27. The number of hydrogen-bond donors (Lipinski definition) is 2. The topological polar surface area (TPSA) is 64.3 Å². The van der Waals surface area contributed by atoms with Crippen molar-refractivity contribution in [3.05, 3.63) is 0 Å². The molecule has 2 unspecified atom stereocenters. The Bertz CT molecular complexity index is 264. The first-order valence-corrected chi connectivity index (χ1v) is 5.00. The number of rotatable bonds is 4. The third kappa shape index (κ3) is 2.65. The van der Waals surface area contributed by atoms with Crippen molar-refractivity contribution in [2.24, 2.45) is 5.73 Å². The highest BCUT2D eigenvalue weighted by molar-refractivity contribution is 5.85. The average molecular weight is 240 g/mol. The van der Waals surface area contributed by atoms with Gasteiger partial charge in [-0.15, -0.1) is 0 Å². The predicted molar refractivity (Wildman–Crippen MR) is 50.6 cm³/mol. The second-order valence-electron chi connectivity index (χ2n) is 4.00. The van der Waals surface area contributed by atoms with Gasteiger partial charge in [0, 0.05) is 13.2 Å². The quantitative estimate of drug-likeness (QED) is 0.754. The molecular weight excluding hydrogens is 225 g/mol. The molecule has 1 aliphatic heterocycles. The first-order valence-electron chi connectivity index (χ1n) is 5.00. The molecule has 0 aromatic heterocycles. The number of alkyl halides is 3. The minimum absolute atomic E-state index is 0.0288. The predicted octanol–water partition coefficient (Wildman–Crippen LogP) is 0.561. The molecule has 1 aliphatic rings.